The minimum atomic E-state index is -0.989. The number of amides is 1. The van der Waals surface area contributed by atoms with Crippen molar-refractivity contribution in [3.8, 4) is 0 Å². The molecule has 1 aromatic heterocycles. The second-order valence-electron chi connectivity index (χ2n) is 5.43. The number of halogens is 1. The highest BCUT2D eigenvalue weighted by molar-refractivity contribution is 6.33. The van der Waals surface area contributed by atoms with Crippen LogP contribution in [0.4, 0.5) is 0 Å². The zero-order chi connectivity index (χ0) is 15.6. The van der Waals surface area contributed by atoms with Gasteiger partial charge in [0.15, 0.2) is 5.69 Å². The Kier molecular flexibility index (Phi) is 4.77. The van der Waals surface area contributed by atoms with Crippen LogP contribution in [-0.2, 0) is 4.79 Å². The highest BCUT2D eigenvalue weighted by Crippen LogP contribution is 2.23. The summed E-state index contributed by atoms with van der Waals surface area (Å²) in [6.45, 7) is 4.24. The highest BCUT2D eigenvalue weighted by atomic mass is 35.5. The Morgan fingerprint density at radius 3 is 2.76 bits per heavy atom. The molecule has 7 heteroatoms. The molecule has 1 aliphatic rings. The second kappa shape index (κ2) is 6.39. The van der Waals surface area contributed by atoms with Gasteiger partial charge < -0.3 is 10.0 Å². The fourth-order valence-corrected chi connectivity index (χ4v) is 2.55. The lowest BCUT2D eigenvalue weighted by molar-refractivity contribution is -0.143. The topological polar surface area (TPSA) is 83.4 Å². The van der Waals surface area contributed by atoms with Crippen molar-refractivity contribution >= 4 is 23.5 Å². The SMILES string of the molecule is CC(C)c1ncc(Cl)c(C(=O)N2CCCCC2C(=O)O)n1. The summed E-state index contributed by atoms with van der Waals surface area (Å²) < 4.78 is 0. The molecule has 0 radical (unpaired) electrons. The fraction of sp³-hybridized carbons (Fsp3) is 0.571. The largest absolute Gasteiger partial charge is 0.480 e. The molecular weight excluding hydrogens is 294 g/mol. The van der Waals surface area contributed by atoms with Gasteiger partial charge in [0, 0.05) is 12.5 Å². The van der Waals surface area contributed by atoms with E-state index in [0.29, 0.717) is 18.8 Å². The maximum atomic E-state index is 12.6. The van der Waals surface area contributed by atoms with Crippen LogP contribution in [0.1, 0.15) is 55.3 Å². The maximum Gasteiger partial charge on any atom is 0.326 e. The Bertz CT molecular complexity index is 562. The number of hydrogen-bond acceptors (Lipinski definition) is 4. The normalized spacial score (nSPS) is 18.9. The standard InChI is InChI=1S/C14H18ClN3O3/c1-8(2)12-16-7-9(15)11(17-12)13(19)18-6-4-3-5-10(18)14(20)21/h7-8,10H,3-6H2,1-2H3,(H,20,21). The van der Waals surface area contributed by atoms with Crippen molar-refractivity contribution in [2.45, 2.75) is 45.1 Å². The quantitative estimate of drug-likeness (QED) is 0.926. The molecule has 2 heterocycles. The van der Waals surface area contributed by atoms with Gasteiger partial charge in [0.25, 0.3) is 5.91 Å². The van der Waals surface area contributed by atoms with E-state index in [9.17, 15) is 14.7 Å². The number of aromatic nitrogens is 2. The van der Waals surface area contributed by atoms with Crippen molar-refractivity contribution < 1.29 is 14.7 Å². The van der Waals surface area contributed by atoms with E-state index in [1.165, 1.54) is 11.1 Å². The number of carboxylic acid groups (broad SMARTS) is 1. The fourth-order valence-electron chi connectivity index (χ4n) is 2.38. The summed E-state index contributed by atoms with van der Waals surface area (Å²) in [5.74, 6) is -0.842. The lowest BCUT2D eigenvalue weighted by atomic mass is 10.0. The Balaban J connectivity index is 2.34. The predicted molar refractivity (Wildman–Crippen MR) is 77.4 cm³/mol. The van der Waals surface area contributed by atoms with E-state index in [-0.39, 0.29) is 16.6 Å². The Morgan fingerprint density at radius 2 is 2.14 bits per heavy atom. The second-order valence-corrected chi connectivity index (χ2v) is 5.84. The zero-order valence-electron chi connectivity index (χ0n) is 12.0. The van der Waals surface area contributed by atoms with Crippen molar-refractivity contribution in [3.63, 3.8) is 0 Å². The Labute approximate surface area is 128 Å². The maximum absolute atomic E-state index is 12.6. The van der Waals surface area contributed by atoms with Gasteiger partial charge in [0.2, 0.25) is 0 Å². The number of piperidine rings is 1. The van der Waals surface area contributed by atoms with Crippen LogP contribution in [0.15, 0.2) is 6.20 Å². The smallest absolute Gasteiger partial charge is 0.326 e. The third-order valence-corrected chi connectivity index (χ3v) is 3.81. The lowest BCUT2D eigenvalue weighted by Gasteiger charge is -2.32. The van der Waals surface area contributed by atoms with Crippen molar-refractivity contribution in [3.05, 3.63) is 22.7 Å². The molecule has 0 bridgehead atoms. The number of carboxylic acids is 1. The number of rotatable bonds is 3. The highest BCUT2D eigenvalue weighted by Gasteiger charge is 2.34. The summed E-state index contributed by atoms with van der Waals surface area (Å²) in [4.78, 5) is 33.6. The first-order chi connectivity index (χ1) is 9.91. The molecule has 6 nitrogen and oxygen atoms in total. The molecular formula is C14H18ClN3O3. The average molecular weight is 312 g/mol. The Morgan fingerprint density at radius 1 is 1.43 bits per heavy atom. The summed E-state index contributed by atoms with van der Waals surface area (Å²) in [6.07, 6.45) is 3.45. The molecule has 0 spiro atoms. The average Bonchev–Trinajstić information content (AvgIpc) is 2.46. The molecule has 21 heavy (non-hydrogen) atoms. The van der Waals surface area contributed by atoms with Crippen LogP contribution < -0.4 is 0 Å². The number of hydrogen-bond donors (Lipinski definition) is 1. The third kappa shape index (κ3) is 3.32. The summed E-state index contributed by atoms with van der Waals surface area (Å²) in [5, 5.41) is 9.41. The molecule has 1 fully saturated rings. The number of carbonyl (C=O) groups is 2. The monoisotopic (exact) mass is 311 g/mol. The van der Waals surface area contributed by atoms with Gasteiger partial charge in [-0.2, -0.15) is 0 Å². The molecule has 1 unspecified atom stereocenters. The summed E-state index contributed by atoms with van der Waals surface area (Å²) in [7, 11) is 0. The molecule has 1 N–H and O–H groups in total. The van der Waals surface area contributed by atoms with Crippen molar-refractivity contribution in [1.82, 2.24) is 14.9 Å². The molecule has 1 aromatic rings. The van der Waals surface area contributed by atoms with Gasteiger partial charge in [0.05, 0.1) is 11.2 Å². The van der Waals surface area contributed by atoms with Crippen LogP contribution in [0.3, 0.4) is 0 Å². The number of carbonyl (C=O) groups excluding carboxylic acids is 1. The van der Waals surface area contributed by atoms with E-state index >= 15 is 0 Å². The Hall–Kier alpha value is -1.69. The van der Waals surface area contributed by atoms with Crippen LogP contribution >= 0.6 is 11.6 Å². The number of nitrogens with zero attached hydrogens (tertiary/aromatic N) is 3. The molecule has 2 rings (SSSR count). The third-order valence-electron chi connectivity index (χ3n) is 3.53. The van der Waals surface area contributed by atoms with Gasteiger partial charge in [-0.15, -0.1) is 0 Å². The molecule has 114 valence electrons. The van der Waals surface area contributed by atoms with Crippen LogP contribution in [0, 0.1) is 0 Å². The van der Waals surface area contributed by atoms with Gasteiger partial charge in [0.1, 0.15) is 11.9 Å². The van der Waals surface area contributed by atoms with Crippen LogP contribution in [0.2, 0.25) is 5.02 Å². The van der Waals surface area contributed by atoms with Crippen molar-refractivity contribution in [2.24, 2.45) is 0 Å². The van der Waals surface area contributed by atoms with E-state index in [0.717, 1.165) is 12.8 Å². The first-order valence-corrected chi connectivity index (χ1v) is 7.35. The minimum Gasteiger partial charge on any atom is -0.480 e. The minimum absolute atomic E-state index is 0.0606. The van der Waals surface area contributed by atoms with E-state index in [4.69, 9.17) is 11.6 Å². The van der Waals surface area contributed by atoms with E-state index in [1.807, 2.05) is 13.8 Å². The molecule has 1 atom stereocenters. The first kappa shape index (κ1) is 15.7. The summed E-state index contributed by atoms with van der Waals surface area (Å²) >= 11 is 6.02. The van der Waals surface area contributed by atoms with Crippen molar-refractivity contribution in [2.75, 3.05) is 6.54 Å². The number of likely N-dealkylation sites (tertiary alicyclic amines) is 1. The van der Waals surface area contributed by atoms with Gasteiger partial charge >= 0.3 is 5.97 Å². The van der Waals surface area contributed by atoms with E-state index in [2.05, 4.69) is 9.97 Å². The molecule has 1 saturated heterocycles. The van der Waals surface area contributed by atoms with E-state index < -0.39 is 17.9 Å². The van der Waals surface area contributed by atoms with Gasteiger partial charge in [-0.1, -0.05) is 25.4 Å². The summed E-state index contributed by atoms with van der Waals surface area (Å²) in [5.41, 5.74) is 0.0866. The lowest BCUT2D eigenvalue weighted by Crippen LogP contribution is -2.48. The summed E-state index contributed by atoms with van der Waals surface area (Å²) in [6, 6.07) is -0.806. The molecule has 0 saturated carbocycles. The molecule has 0 aliphatic carbocycles. The van der Waals surface area contributed by atoms with Crippen LogP contribution in [0.25, 0.3) is 0 Å². The van der Waals surface area contributed by atoms with Crippen molar-refractivity contribution in [1.29, 1.82) is 0 Å². The van der Waals surface area contributed by atoms with Gasteiger partial charge in [-0.05, 0) is 19.3 Å². The zero-order valence-corrected chi connectivity index (χ0v) is 12.8. The molecule has 1 amide bonds. The predicted octanol–water partition coefficient (Wildman–Crippen LogP) is 2.33. The molecule has 0 aromatic carbocycles. The van der Waals surface area contributed by atoms with Gasteiger partial charge in [-0.25, -0.2) is 14.8 Å². The number of aliphatic carboxylic acids is 1. The van der Waals surface area contributed by atoms with Gasteiger partial charge in [-0.3, -0.25) is 4.79 Å². The van der Waals surface area contributed by atoms with E-state index in [1.54, 1.807) is 0 Å². The molecule has 1 aliphatic heterocycles. The van der Waals surface area contributed by atoms with Crippen LogP contribution in [0.5, 0.6) is 0 Å². The first-order valence-electron chi connectivity index (χ1n) is 6.98. The van der Waals surface area contributed by atoms with Crippen LogP contribution in [-0.4, -0.2) is 44.4 Å².